The molecule has 6 nitrogen and oxygen atoms in total. The van der Waals surface area contributed by atoms with Gasteiger partial charge in [0.2, 0.25) is 0 Å². The highest BCUT2D eigenvalue weighted by Crippen LogP contribution is 2.36. The topological polar surface area (TPSA) is 85.7 Å². The van der Waals surface area contributed by atoms with E-state index in [0.717, 1.165) is 44.4 Å². The first-order valence-electron chi connectivity index (χ1n) is 16.7. The minimum Gasteiger partial charge on any atom is -0.294 e. The van der Waals surface area contributed by atoms with E-state index in [1.54, 1.807) is 19.9 Å². The molecule has 0 saturated heterocycles. The largest absolute Gasteiger partial charge is 0.294 e. The van der Waals surface area contributed by atoms with Gasteiger partial charge in [-0.3, -0.25) is 9.59 Å². The summed E-state index contributed by atoms with van der Waals surface area (Å²) in [5.41, 5.74) is 11.8. The molecule has 0 bridgehead atoms. The summed E-state index contributed by atoms with van der Waals surface area (Å²) in [5.74, 6) is -0.0851. The van der Waals surface area contributed by atoms with Gasteiger partial charge in [0.25, 0.3) is 0 Å². The van der Waals surface area contributed by atoms with Crippen molar-refractivity contribution < 1.29 is 9.59 Å². The predicted molar refractivity (Wildman–Crippen MR) is 207 cm³/mol. The number of ketones is 2. The summed E-state index contributed by atoms with van der Waals surface area (Å²) in [4.78, 5) is 45.9. The number of benzene rings is 5. The van der Waals surface area contributed by atoms with Crippen molar-refractivity contribution in [3.05, 3.63) is 163 Å². The molecular formula is C45H34N4O2. The Bertz CT molecular complexity index is 2570. The number of hydrogen-bond acceptors (Lipinski definition) is 6. The summed E-state index contributed by atoms with van der Waals surface area (Å²) < 4.78 is 0. The van der Waals surface area contributed by atoms with E-state index in [1.165, 1.54) is 0 Å². The molecular weight excluding hydrogens is 629 g/mol. The molecule has 246 valence electrons. The number of rotatable bonds is 9. The summed E-state index contributed by atoms with van der Waals surface area (Å²) in [6.07, 6.45) is 7.50. The van der Waals surface area contributed by atoms with Gasteiger partial charge in [-0.05, 0) is 61.7 Å². The third-order valence-corrected chi connectivity index (χ3v) is 8.83. The highest BCUT2D eigenvalue weighted by molar-refractivity contribution is 6.03. The lowest BCUT2D eigenvalue weighted by Crippen LogP contribution is -2.03. The zero-order chi connectivity index (χ0) is 35.5. The lowest BCUT2D eigenvalue weighted by molar-refractivity contribution is 0.101. The minimum absolute atomic E-state index is 0.0377. The smallest absolute Gasteiger partial charge is 0.160 e. The summed E-state index contributed by atoms with van der Waals surface area (Å²) >= 11 is 0. The molecule has 2 aromatic heterocycles. The number of hydrogen-bond donors (Lipinski definition) is 0. The van der Waals surface area contributed by atoms with Crippen LogP contribution in [-0.2, 0) is 0 Å². The van der Waals surface area contributed by atoms with Gasteiger partial charge in [0.15, 0.2) is 11.6 Å². The fourth-order valence-corrected chi connectivity index (χ4v) is 6.32. The van der Waals surface area contributed by atoms with Crippen LogP contribution in [0.1, 0.15) is 47.2 Å². The molecule has 0 aliphatic carbocycles. The van der Waals surface area contributed by atoms with E-state index >= 15 is 0 Å². The molecule has 6 heteroatoms. The summed E-state index contributed by atoms with van der Waals surface area (Å²) in [5, 5.41) is 0. The molecule has 0 atom stereocenters. The van der Waals surface area contributed by atoms with Crippen molar-refractivity contribution in [1.82, 2.24) is 19.9 Å². The molecule has 0 radical (unpaired) electrons. The van der Waals surface area contributed by atoms with Gasteiger partial charge in [-0.2, -0.15) is 0 Å². The Morgan fingerprint density at radius 2 is 1.06 bits per heavy atom. The average molecular weight is 663 g/mol. The van der Waals surface area contributed by atoms with Crippen LogP contribution in [0.15, 0.2) is 146 Å². The quantitative estimate of drug-likeness (QED) is 0.113. The van der Waals surface area contributed by atoms with Crippen LogP contribution < -0.4 is 0 Å². The second-order valence-electron chi connectivity index (χ2n) is 12.2. The fraction of sp³-hybridized carbons (Fsp3) is 0.0667. The Morgan fingerprint density at radius 3 is 1.63 bits per heavy atom. The molecule has 51 heavy (non-hydrogen) atoms. The first-order chi connectivity index (χ1) is 24.9. The number of aromatic nitrogens is 4. The Kier molecular flexibility index (Phi) is 9.06. The molecule has 0 aliphatic heterocycles. The maximum atomic E-state index is 12.7. The van der Waals surface area contributed by atoms with Gasteiger partial charge in [-0.15, -0.1) is 0 Å². The molecule has 7 rings (SSSR count). The maximum absolute atomic E-state index is 12.7. The van der Waals surface area contributed by atoms with Gasteiger partial charge in [0.1, 0.15) is 0 Å². The standard InChI is InChI=1S/C45H34N4O2/c1-5-7-15-30(6-2)42-44(36-20-13-11-18-34(36)28(3)50)48-40-26-32(22-24-38(40)46-42)33-23-25-39-41(27-33)49-45(37-21-14-12-19-35(37)29(4)51)43(47-39)31-16-9-8-10-17-31/h5-27H,1H2,2-4H3/b15-7-,30-6+. The molecule has 0 unspecified atom stereocenters. The number of allylic oxidation sites excluding steroid dienone is 5. The monoisotopic (exact) mass is 662 g/mol. The number of carbonyl (C=O) groups excluding carboxylic acids is 2. The normalized spacial score (nSPS) is 11.7. The van der Waals surface area contributed by atoms with Crippen molar-refractivity contribution in [2.75, 3.05) is 0 Å². The van der Waals surface area contributed by atoms with Gasteiger partial charge < -0.3 is 0 Å². The minimum atomic E-state index is -0.0474. The van der Waals surface area contributed by atoms with Crippen LogP contribution in [0.2, 0.25) is 0 Å². The molecule has 2 heterocycles. The zero-order valence-electron chi connectivity index (χ0n) is 28.6. The third-order valence-electron chi connectivity index (χ3n) is 8.83. The SMILES string of the molecule is C=C/C=C\C(=C/C)c1nc2ccc(-c3ccc4nc(-c5ccccc5)c(-c5ccccc5C(C)=O)nc4c3)cc2nc1-c1ccccc1C(C)=O. The van der Waals surface area contributed by atoms with Crippen molar-refractivity contribution in [3.63, 3.8) is 0 Å². The number of nitrogens with zero attached hydrogens (tertiary/aromatic N) is 4. The van der Waals surface area contributed by atoms with Crippen LogP contribution in [0.4, 0.5) is 0 Å². The van der Waals surface area contributed by atoms with E-state index in [9.17, 15) is 9.59 Å². The molecule has 5 aromatic carbocycles. The molecule has 0 amide bonds. The highest BCUT2D eigenvalue weighted by atomic mass is 16.1. The molecule has 0 fully saturated rings. The van der Waals surface area contributed by atoms with Crippen molar-refractivity contribution >= 4 is 39.2 Å². The maximum Gasteiger partial charge on any atom is 0.160 e. The van der Waals surface area contributed by atoms with Crippen LogP contribution in [0.5, 0.6) is 0 Å². The summed E-state index contributed by atoms with van der Waals surface area (Å²) in [6, 6.07) is 37.0. The second kappa shape index (κ2) is 14.1. The molecule has 0 spiro atoms. The second-order valence-corrected chi connectivity index (χ2v) is 12.2. The molecule has 0 saturated carbocycles. The zero-order valence-corrected chi connectivity index (χ0v) is 28.6. The fourth-order valence-electron chi connectivity index (χ4n) is 6.32. The van der Waals surface area contributed by atoms with Crippen molar-refractivity contribution in [2.45, 2.75) is 20.8 Å². The van der Waals surface area contributed by atoms with Gasteiger partial charge in [0, 0.05) is 27.8 Å². The molecule has 0 N–H and O–H groups in total. The average Bonchev–Trinajstić information content (AvgIpc) is 3.17. The van der Waals surface area contributed by atoms with E-state index in [4.69, 9.17) is 19.9 Å². The number of fused-ring (bicyclic) bond motifs is 2. The van der Waals surface area contributed by atoms with E-state index in [-0.39, 0.29) is 11.6 Å². The van der Waals surface area contributed by atoms with Gasteiger partial charge in [0.05, 0.1) is 44.8 Å². The lowest BCUT2D eigenvalue weighted by Gasteiger charge is -2.15. The molecule has 0 aliphatic rings. The summed E-state index contributed by atoms with van der Waals surface area (Å²) in [6.45, 7) is 8.90. The number of carbonyl (C=O) groups is 2. The van der Waals surface area contributed by atoms with Crippen molar-refractivity contribution in [2.24, 2.45) is 0 Å². The highest BCUT2D eigenvalue weighted by Gasteiger charge is 2.20. The van der Waals surface area contributed by atoms with Crippen molar-refractivity contribution in [1.29, 1.82) is 0 Å². The Morgan fingerprint density at radius 1 is 0.549 bits per heavy atom. The predicted octanol–water partition coefficient (Wildman–Crippen LogP) is 10.8. The number of Topliss-reactive ketones (excluding diaryl/α,β-unsaturated/α-hetero) is 2. The van der Waals surface area contributed by atoms with Crippen LogP contribution >= 0.6 is 0 Å². The van der Waals surface area contributed by atoms with Gasteiger partial charge in [-0.25, -0.2) is 19.9 Å². The van der Waals surface area contributed by atoms with Crippen LogP contribution in [-0.4, -0.2) is 31.5 Å². The van der Waals surface area contributed by atoms with Gasteiger partial charge >= 0.3 is 0 Å². The van der Waals surface area contributed by atoms with E-state index in [0.29, 0.717) is 44.9 Å². The first-order valence-corrected chi connectivity index (χ1v) is 16.7. The van der Waals surface area contributed by atoms with Crippen LogP contribution in [0, 0.1) is 0 Å². The Hall–Kier alpha value is -6.66. The summed E-state index contributed by atoms with van der Waals surface area (Å²) in [7, 11) is 0. The van der Waals surface area contributed by atoms with E-state index < -0.39 is 0 Å². The Balaban J connectivity index is 1.41. The Labute approximate surface area is 296 Å². The van der Waals surface area contributed by atoms with Gasteiger partial charge in [-0.1, -0.05) is 122 Å². The van der Waals surface area contributed by atoms with Crippen molar-refractivity contribution in [3.8, 4) is 44.9 Å². The molecule has 7 aromatic rings. The van der Waals surface area contributed by atoms with Crippen LogP contribution in [0.25, 0.3) is 72.5 Å². The third kappa shape index (κ3) is 6.43. The lowest BCUT2D eigenvalue weighted by atomic mass is 9.96. The van der Waals surface area contributed by atoms with E-state index in [2.05, 4.69) is 6.58 Å². The first kappa shape index (κ1) is 32.9. The van der Waals surface area contributed by atoms with Crippen LogP contribution in [0.3, 0.4) is 0 Å². The van der Waals surface area contributed by atoms with E-state index in [1.807, 2.05) is 140 Å².